The van der Waals surface area contributed by atoms with Crippen LogP contribution in [0.25, 0.3) is 0 Å². The van der Waals surface area contributed by atoms with Gasteiger partial charge in [0.1, 0.15) is 6.42 Å². The number of benzene rings is 2. The molecule has 0 atom stereocenters. The zero-order valence-electron chi connectivity index (χ0n) is 10.9. The molecule has 2 aromatic rings. The summed E-state index contributed by atoms with van der Waals surface area (Å²) in [7, 11) is 0. The van der Waals surface area contributed by atoms with Crippen molar-refractivity contribution in [1.29, 1.82) is 0 Å². The number of rotatable bonds is 4. The smallest absolute Gasteiger partial charge is 0.233 e. The highest BCUT2D eigenvalue weighted by molar-refractivity contribution is 6.33. The van der Waals surface area contributed by atoms with Crippen LogP contribution >= 0.6 is 23.2 Å². The van der Waals surface area contributed by atoms with Gasteiger partial charge >= 0.3 is 0 Å². The Morgan fingerprint density at radius 2 is 1.62 bits per heavy atom. The van der Waals surface area contributed by atoms with Crippen molar-refractivity contribution in [2.75, 3.05) is 10.6 Å². The monoisotopic (exact) mass is 322 g/mol. The maximum Gasteiger partial charge on any atom is 0.233 e. The Morgan fingerprint density at radius 1 is 0.905 bits per heavy atom. The van der Waals surface area contributed by atoms with Crippen molar-refractivity contribution < 1.29 is 9.59 Å². The van der Waals surface area contributed by atoms with E-state index < -0.39 is 11.8 Å². The zero-order valence-corrected chi connectivity index (χ0v) is 12.4. The van der Waals surface area contributed by atoms with E-state index in [-0.39, 0.29) is 6.42 Å². The quantitative estimate of drug-likeness (QED) is 0.837. The van der Waals surface area contributed by atoms with Gasteiger partial charge < -0.3 is 10.6 Å². The van der Waals surface area contributed by atoms with E-state index in [1.165, 1.54) is 0 Å². The number of hydrogen-bond donors (Lipinski definition) is 2. The highest BCUT2D eigenvalue weighted by atomic mass is 35.5. The van der Waals surface area contributed by atoms with Crippen molar-refractivity contribution in [3.05, 3.63) is 58.6 Å². The molecular weight excluding hydrogens is 311 g/mol. The van der Waals surface area contributed by atoms with Crippen molar-refractivity contribution >= 4 is 46.4 Å². The van der Waals surface area contributed by atoms with Crippen LogP contribution in [0.3, 0.4) is 0 Å². The molecule has 2 amide bonds. The minimum Gasteiger partial charge on any atom is -0.326 e. The second-order valence-corrected chi connectivity index (χ2v) is 5.11. The van der Waals surface area contributed by atoms with Crippen molar-refractivity contribution in [2.45, 2.75) is 6.42 Å². The van der Waals surface area contributed by atoms with Gasteiger partial charge in [0, 0.05) is 10.7 Å². The van der Waals surface area contributed by atoms with Gasteiger partial charge in [0.25, 0.3) is 0 Å². The third kappa shape index (κ3) is 4.77. The molecule has 0 bridgehead atoms. The molecular formula is C15H12Cl2N2O2. The number of para-hydroxylation sites is 1. The zero-order chi connectivity index (χ0) is 15.2. The van der Waals surface area contributed by atoms with Crippen LogP contribution in [0, 0.1) is 0 Å². The Bertz CT molecular complexity index is 674. The van der Waals surface area contributed by atoms with E-state index in [9.17, 15) is 9.59 Å². The molecule has 6 heteroatoms. The first-order valence-electron chi connectivity index (χ1n) is 6.14. The predicted molar refractivity (Wildman–Crippen MR) is 84.8 cm³/mol. The molecule has 0 aliphatic heterocycles. The van der Waals surface area contributed by atoms with E-state index in [2.05, 4.69) is 10.6 Å². The Balaban J connectivity index is 1.91. The predicted octanol–water partition coefficient (Wildman–Crippen LogP) is 3.96. The molecule has 0 aliphatic carbocycles. The van der Waals surface area contributed by atoms with Gasteiger partial charge in [-0.25, -0.2) is 0 Å². The van der Waals surface area contributed by atoms with Gasteiger partial charge in [-0.05, 0) is 30.3 Å². The van der Waals surface area contributed by atoms with Crippen LogP contribution in [0.2, 0.25) is 10.0 Å². The number of nitrogens with one attached hydrogen (secondary N) is 2. The van der Waals surface area contributed by atoms with Gasteiger partial charge in [0.05, 0.1) is 10.7 Å². The third-order valence-corrected chi connectivity index (χ3v) is 3.14. The molecule has 2 N–H and O–H groups in total. The number of anilines is 2. The fraction of sp³-hybridized carbons (Fsp3) is 0.0667. The van der Waals surface area contributed by atoms with E-state index in [4.69, 9.17) is 23.2 Å². The van der Waals surface area contributed by atoms with E-state index in [1.54, 1.807) is 48.5 Å². The van der Waals surface area contributed by atoms with E-state index in [0.717, 1.165) is 0 Å². The fourth-order valence-electron chi connectivity index (χ4n) is 1.67. The molecule has 0 fully saturated rings. The summed E-state index contributed by atoms with van der Waals surface area (Å²) in [4.78, 5) is 23.5. The number of amides is 2. The molecule has 0 spiro atoms. The average Bonchev–Trinajstić information content (AvgIpc) is 2.41. The first kappa shape index (κ1) is 15.4. The molecule has 2 rings (SSSR count). The third-order valence-electron chi connectivity index (χ3n) is 2.58. The van der Waals surface area contributed by atoms with Gasteiger partial charge in [-0.1, -0.05) is 41.4 Å². The molecule has 0 unspecified atom stereocenters. The maximum absolute atomic E-state index is 11.8. The number of halogens is 2. The fourth-order valence-corrected chi connectivity index (χ4v) is 2.05. The largest absolute Gasteiger partial charge is 0.326 e. The summed E-state index contributed by atoms with van der Waals surface area (Å²) < 4.78 is 0. The molecule has 21 heavy (non-hydrogen) atoms. The summed E-state index contributed by atoms with van der Waals surface area (Å²) in [6, 6.07) is 13.5. The summed E-state index contributed by atoms with van der Waals surface area (Å²) in [5.74, 6) is -0.871. The topological polar surface area (TPSA) is 58.2 Å². The average molecular weight is 323 g/mol. The Kier molecular flexibility index (Phi) is 5.20. The summed E-state index contributed by atoms with van der Waals surface area (Å²) in [5, 5.41) is 6.10. The van der Waals surface area contributed by atoms with Crippen molar-refractivity contribution in [2.24, 2.45) is 0 Å². The lowest BCUT2D eigenvalue weighted by Crippen LogP contribution is -2.21. The summed E-state index contributed by atoms with van der Waals surface area (Å²) in [6.45, 7) is 0. The van der Waals surface area contributed by atoms with E-state index >= 15 is 0 Å². The maximum atomic E-state index is 11.8. The lowest BCUT2D eigenvalue weighted by atomic mass is 10.3. The van der Waals surface area contributed by atoms with E-state index in [0.29, 0.717) is 21.4 Å². The van der Waals surface area contributed by atoms with Crippen LogP contribution in [-0.4, -0.2) is 11.8 Å². The van der Waals surface area contributed by atoms with Crippen LogP contribution in [0.5, 0.6) is 0 Å². The van der Waals surface area contributed by atoms with Crippen LogP contribution in [0.1, 0.15) is 6.42 Å². The standard InChI is InChI=1S/C15H12Cl2N2O2/c16-10-4-3-5-11(8-10)18-14(20)9-15(21)19-13-7-2-1-6-12(13)17/h1-8H,9H2,(H,18,20)(H,19,21). The lowest BCUT2D eigenvalue weighted by molar-refractivity contribution is -0.123. The van der Waals surface area contributed by atoms with Gasteiger partial charge in [-0.15, -0.1) is 0 Å². The molecule has 2 aromatic carbocycles. The van der Waals surface area contributed by atoms with Crippen molar-refractivity contribution in [3.63, 3.8) is 0 Å². The van der Waals surface area contributed by atoms with Crippen molar-refractivity contribution in [3.8, 4) is 0 Å². The second kappa shape index (κ2) is 7.11. The van der Waals surface area contributed by atoms with Gasteiger partial charge in [0.2, 0.25) is 11.8 Å². The number of hydrogen-bond acceptors (Lipinski definition) is 2. The summed E-state index contributed by atoms with van der Waals surface area (Å²) >= 11 is 11.7. The minimum absolute atomic E-state index is 0.308. The molecule has 108 valence electrons. The Hall–Kier alpha value is -2.04. The number of carbonyl (C=O) groups excluding carboxylic acids is 2. The summed E-state index contributed by atoms with van der Waals surface area (Å²) in [5.41, 5.74) is 1.01. The summed E-state index contributed by atoms with van der Waals surface area (Å²) in [6.07, 6.45) is -0.308. The lowest BCUT2D eigenvalue weighted by Gasteiger charge is -2.08. The SMILES string of the molecule is O=C(CC(=O)Nc1ccccc1Cl)Nc1cccc(Cl)c1. The molecule has 0 aliphatic rings. The van der Waals surface area contributed by atoms with Crippen molar-refractivity contribution in [1.82, 2.24) is 0 Å². The van der Waals surface area contributed by atoms with Crippen LogP contribution in [0.4, 0.5) is 11.4 Å². The molecule has 0 saturated heterocycles. The molecule has 0 heterocycles. The highest BCUT2D eigenvalue weighted by Crippen LogP contribution is 2.20. The van der Waals surface area contributed by atoms with E-state index in [1.807, 2.05) is 0 Å². The highest BCUT2D eigenvalue weighted by Gasteiger charge is 2.11. The minimum atomic E-state index is -0.442. The Labute approximate surface area is 132 Å². The first-order chi connectivity index (χ1) is 10.0. The van der Waals surface area contributed by atoms with Crippen LogP contribution in [-0.2, 0) is 9.59 Å². The number of carbonyl (C=O) groups is 2. The van der Waals surface area contributed by atoms with Gasteiger partial charge in [-0.2, -0.15) is 0 Å². The van der Waals surface area contributed by atoms with Crippen LogP contribution < -0.4 is 10.6 Å². The normalized spacial score (nSPS) is 10.0. The molecule has 0 saturated carbocycles. The second-order valence-electron chi connectivity index (χ2n) is 4.26. The van der Waals surface area contributed by atoms with Crippen LogP contribution in [0.15, 0.2) is 48.5 Å². The van der Waals surface area contributed by atoms with Gasteiger partial charge in [-0.3, -0.25) is 9.59 Å². The Morgan fingerprint density at radius 3 is 2.33 bits per heavy atom. The first-order valence-corrected chi connectivity index (χ1v) is 6.90. The molecule has 0 radical (unpaired) electrons. The molecule has 4 nitrogen and oxygen atoms in total. The van der Waals surface area contributed by atoms with Gasteiger partial charge in [0.15, 0.2) is 0 Å². The molecule has 0 aromatic heterocycles.